The number of para-hydroxylation sites is 4. The number of rotatable bonds is 7. The van der Waals surface area contributed by atoms with E-state index in [1.807, 2.05) is 6.07 Å². The molecule has 0 atom stereocenters. The quantitative estimate of drug-likeness (QED) is 0.163. The van der Waals surface area contributed by atoms with Crippen LogP contribution in [0.3, 0.4) is 0 Å². The highest BCUT2D eigenvalue weighted by Crippen LogP contribution is 2.47. The van der Waals surface area contributed by atoms with E-state index in [-0.39, 0.29) is 0 Å². The minimum atomic E-state index is 0.889. The molecule has 9 aromatic carbocycles. The Morgan fingerprint density at radius 3 is 1.74 bits per heavy atom. The minimum Gasteiger partial charge on any atom is -0.455 e. The second kappa shape index (κ2) is 13.6. The molecule has 11 rings (SSSR count). The molecule has 268 valence electrons. The van der Waals surface area contributed by atoms with Crippen LogP contribution in [0.25, 0.3) is 82.8 Å². The zero-order chi connectivity index (χ0) is 37.7. The predicted molar refractivity (Wildman–Crippen MR) is 239 cm³/mol. The van der Waals surface area contributed by atoms with Crippen molar-refractivity contribution in [3.63, 3.8) is 0 Å². The minimum absolute atomic E-state index is 0.889. The normalized spacial score (nSPS) is 11.5. The first kappa shape index (κ1) is 32.8. The van der Waals surface area contributed by atoms with Gasteiger partial charge in [-0.2, -0.15) is 0 Å². The average Bonchev–Trinajstić information content (AvgIpc) is 3.84. The Hall–Kier alpha value is -7.62. The standard InChI is InChI=1S/C54H36N2O/c1-4-16-38(17-5-1)43-22-10-12-26-48(43)56(51-29-15-28-50-53(51)46-23-11-13-27-49(46)55(50)41-20-8-3-9-21-41)42-33-30-37(31-34-42)40-32-35-52-47(36-40)45-25-14-24-44(54(45)57-52)39-18-6-2-7-19-39/h1-36H. The first-order valence-electron chi connectivity index (χ1n) is 19.4. The second-order valence-corrected chi connectivity index (χ2v) is 14.5. The van der Waals surface area contributed by atoms with Crippen molar-refractivity contribution in [3.8, 4) is 39.1 Å². The lowest BCUT2D eigenvalue weighted by atomic mass is 9.99. The van der Waals surface area contributed by atoms with Crippen LogP contribution in [0, 0.1) is 0 Å². The number of anilines is 3. The molecule has 0 aliphatic carbocycles. The van der Waals surface area contributed by atoms with E-state index in [9.17, 15) is 0 Å². The molecule has 3 heteroatoms. The number of nitrogens with zero attached hydrogens (tertiary/aromatic N) is 2. The molecule has 0 fully saturated rings. The molecule has 0 saturated heterocycles. The first-order valence-corrected chi connectivity index (χ1v) is 19.4. The molecule has 0 bridgehead atoms. The van der Waals surface area contributed by atoms with Crippen molar-refractivity contribution in [1.82, 2.24) is 4.57 Å². The van der Waals surface area contributed by atoms with Crippen molar-refractivity contribution in [2.24, 2.45) is 0 Å². The molecule has 0 N–H and O–H groups in total. The molecule has 0 radical (unpaired) electrons. The Kier molecular flexibility index (Phi) is 7.82. The first-order chi connectivity index (χ1) is 28.3. The summed E-state index contributed by atoms with van der Waals surface area (Å²) >= 11 is 0. The van der Waals surface area contributed by atoms with Gasteiger partial charge in [-0.3, -0.25) is 0 Å². The zero-order valence-electron chi connectivity index (χ0n) is 31.1. The van der Waals surface area contributed by atoms with Crippen LogP contribution in [0.2, 0.25) is 0 Å². The van der Waals surface area contributed by atoms with Gasteiger partial charge in [0.05, 0.1) is 22.4 Å². The van der Waals surface area contributed by atoms with Crippen LogP contribution >= 0.6 is 0 Å². The Balaban J connectivity index is 1.09. The Morgan fingerprint density at radius 2 is 0.947 bits per heavy atom. The monoisotopic (exact) mass is 728 g/mol. The van der Waals surface area contributed by atoms with Gasteiger partial charge in [-0.1, -0.05) is 158 Å². The van der Waals surface area contributed by atoms with E-state index < -0.39 is 0 Å². The smallest absolute Gasteiger partial charge is 0.143 e. The average molecular weight is 729 g/mol. The van der Waals surface area contributed by atoms with Gasteiger partial charge in [-0.15, -0.1) is 0 Å². The fraction of sp³-hybridized carbons (Fsp3) is 0. The fourth-order valence-electron chi connectivity index (χ4n) is 8.61. The van der Waals surface area contributed by atoms with Gasteiger partial charge >= 0.3 is 0 Å². The van der Waals surface area contributed by atoms with E-state index in [2.05, 4.69) is 222 Å². The number of hydrogen-bond donors (Lipinski definition) is 0. The number of benzene rings is 9. The molecule has 0 aliphatic rings. The zero-order valence-corrected chi connectivity index (χ0v) is 31.1. The SMILES string of the molecule is c1ccc(-c2ccccc2N(c2ccc(-c3ccc4oc5c(-c6ccccc6)cccc5c4c3)cc2)c2cccc3c2c2ccccc2n3-c2ccccc2)cc1. The Labute approximate surface area is 330 Å². The van der Waals surface area contributed by atoms with Crippen LogP contribution in [-0.2, 0) is 0 Å². The van der Waals surface area contributed by atoms with Crippen LogP contribution in [0.5, 0.6) is 0 Å². The summed E-state index contributed by atoms with van der Waals surface area (Å²) in [6.07, 6.45) is 0. The predicted octanol–water partition coefficient (Wildman–Crippen LogP) is 15.2. The molecule has 0 saturated carbocycles. The lowest BCUT2D eigenvalue weighted by Gasteiger charge is -2.29. The maximum atomic E-state index is 6.51. The van der Waals surface area contributed by atoms with E-state index in [0.29, 0.717) is 0 Å². The molecule has 0 amide bonds. The van der Waals surface area contributed by atoms with Gasteiger partial charge in [0, 0.05) is 44.0 Å². The third-order valence-electron chi connectivity index (χ3n) is 11.2. The van der Waals surface area contributed by atoms with Crippen LogP contribution in [0.4, 0.5) is 17.1 Å². The third-order valence-corrected chi connectivity index (χ3v) is 11.2. The Bertz CT molecular complexity index is 3220. The lowest BCUT2D eigenvalue weighted by molar-refractivity contribution is 0.670. The van der Waals surface area contributed by atoms with E-state index in [0.717, 1.165) is 78.0 Å². The van der Waals surface area contributed by atoms with Crippen LogP contribution in [0.15, 0.2) is 223 Å². The summed E-state index contributed by atoms with van der Waals surface area (Å²) in [5.74, 6) is 0. The van der Waals surface area contributed by atoms with E-state index in [1.165, 1.54) is 21.9 Å². The summed E-state index contributed by atoms with van der Waals surface area (Å²) in [5, 5.41) is 4.65. The molecular formula is C54H36N2O. The third kappa shape index (κ3) is 5.51. The number of fused-ring (bicyclic) bond motifs is 6. The van der Waals surface area contributed by atoms with Gasteiger partial charge < -0.3 is 13.9 Å². The molecule has 3 nitrogen and oxygen atoms in total. The van der Waals surface area contributed by atoms with Gasteiger partial charge in [-0.25, -0.2) is 0 Å². The lowest BCUT2D eigenvalue weighted by Crippen LogP contribution is -2.11. The van der Waals surface area contributed by atoms with Crippen molar-refractivity contribution in [2.75, 3.05) is 4.90 Å². The maximum absolute atomic E-state index is 6.51. The van der Waals surface area contributed by atoms with Gasteiger partial charge in [0.1, 0.15) is 11.2 Å². The van der Waals surface area contributed by atoms with Gasteiger partial charge in [0.2, 0.25) is 0 Å². The van der Waals surface area contributed by atoms with E-state index in [1.54, 1.807) is 0 Å². The highest BCUT2D eigenvalue weighted by Gasteiger charge is 2.23. The molecule has 0 unspecified atom stereocenters. The highest BCUT2D eigenvalue weighted by atomic mass is 16.3. The molecule has 0 aliphatic heterocycles. The molecular weight excluding hydrogens is 693 g/mol. The summed E-state index contributed by atoms with van der Waals surface area (Å²) in [4.78, 5) is 2.44. The van der Waals surface area contributed by atoms with Crippen molar-refractivity contribution >= 4 is 60.8 Å². The van der Waals surface area contributed by atoms with Crippen LogP contribution < -0.4 is 4.90 Å². The summed E-state index contributed by atoms with van der Waals surface area (Å²) in [7, 11) is 0. The number of hydrogen-bond acceptors (Lipinski definition) is 2. The topological polar surface area (TPSA) is 21.3 Å². The van der Waals surface area contributed by atoms with Crippen molar-refractivity contribution in [3.05, 3.63) is 218 Å². The molecule has 0 spiro atoms. The summed E-state index contributed by atoms with van der Waals surface area (Å²) in [6.45, 7) is 0. The van der Waals surface area contributed by atoms with Crippen molar-refractivity contribution < 1.29 is 4.42 Å². The largest absolute Gasteiger partial charge is 0.455 e. The molecule has 2 aromatic heterocycles. The van der Waals surface area contributed by atoms with E-state index >= 15 is 0 Å². The highest BCUT2D eigenvalue weighted by molar-refractivity contribution is 6.17. The summed E-state index contributed by atoms with van der Waals surface area (Å²) in [5.41, 5.74) is 15.5. The van der Waals surface area contributed by atoms with Gasteiger partial charge in [-0.05, 0) is 82.9 Å². The fourth-order valence-corrected chi connectivity index (χ4v) is 8.61. The second-order valence-electron chi connectivity index (χ2n) is 14.5. The van der Waals surface area contributed by atoms with Gasteiger partial charge in [0.15, 0.2) is 0 Å². The van der Waals surface area contributed by atoms with Gasteiger partial charge in [0.25, 0.3) is 0 Å². The van der Waals surface area contributed by atoms with E-state index in [4.69, 9.17) is 4.42 Å². The van der Waals surface area contributed by atoms with Crippen LogP contribution in [-0.4, -0.2) is 4.57 Å². The summed E-state index contributed by atoms with van der Waals surface area (Å²) < 4.78 is 8.90. The number of aromatic nitrogens is 1. The van der Waals surface area contributed by atoms with Crippen molar-refractivity contribution in [2.45, 2.75) is 0 Å². The molecule has 2 heterocycles. The summed E-state index contributed by atoms with van der Waals surface area (Å²) in [6, 6.07) is 78.0. The Morgan fingerprint density at radius 1 is 0.368 bits per heavy atom. The van der Waals surface area contributed by atoms with Crippen LogP contribution in [0.1, 0.15) is 0 Å². The molecule has 11 aromatic rings. The number of furan rings is 1. The van der Waals surface area contributed by atoms with Crippen molar-refractivity contribution in [1.29, 1.82) is 0 Å². The molecule has 57 heavy (non-hydrogen) atoms. The maximum Gasteiger partial charge on any atom is 0.143 e.